The van der Waals surface area contributed by atoms with E-state index in [-0.39, 0.29) is 9.56 Å². The van der Waals surface area contributed by atoms with Gasteiger partial charge in [-0.3, -0.25) is 4.72 Å². The lowest BCUT2D eigenvalue weighted by atomic mass is 10.3. The van der Waals surface area contributed by atoms with Crippen LogP contribution in [0.4, 0.5) is 5.69 Å². The van der Waals surface area contributed by atoms with E-state index in [1.807, 2.05) is 0 Å². The lowest BCUT2D eigenvalue weighted by Crippen LogP contribution is -2.18. The van der Waals surface area contributed by atoms with Crippen LogP contribution in [-0.4, -0.2) is 28.5 Å². The van der Waals surface area contributed by atoms with Gasteiger partial charge in [0.15, 0.2) is 0 Å². The quantitative estimate of drug-likeness (QED) is 0.770. The molecule has 0 aliphatic rings. The van der Waals surface area contributed by atoms with E-state index >= 15 is 0 Å². The van der Waals surface area contributed by atoms with Crippen molar-refractivity contribution in [1.29, 1.82) is 0 Å². The van der Waals surface area contributed by atoms with Crippen LogP contribution in [-0.2, 0) is 20.0 Å². The second-order valence-electron chi connectivity index (χ2n) is 3.06. The maximum Gasteiger partial charge on any atom is 0.242 e. The highest BCUT2D eigenvalue weighted by atomic mass is 79.9. The molecule has 96 valence electrons. The van der Waals surface area contributed by atoms with E-state index in [2.05, 4.69) is 25.4 Å². The maximum absolute atomic E-state index is 11.4. The number of rotatable bonds is 5. The van der Waals surface area contributed by atoms with Gasteiger partial charge >= 0.3 is 0 Å². The van der Waals surface area contributed by atoms with Crippen molar-refractivity contribution in [3.8, 4) is 0 Å². The molecule has 0 saturated heterocycles. The summed E-state index contributed by atoms with van der Waals surface area (Å²) in [5.41, 5.74) is 0.305. The third-order valence-corrected chi connectivity index (χ3v) is 5.92. The van der Waals surface area contributed by atoms with E-state index < -0.39 is 20.0 Å². The Morgan fingerprint density at radius 2 is 1.65 bits per heavy atom. The van der Waals surface area contributed by atoms with E-state index in [0.717, 1.165) is 0 Å². The number of halogens is 1. The Kier molecular flexibility index (Phi) is 4.53. The molecular weight excluding hydrogens is 332 g/mol. The van der Waals surface area contributed by atoms with Gasteiger partial charge < -0.3 is 0 Å². The Morgan fingerprint density at radius 3 is 2.06 bits per heavy atom. The molecule has 0 bridgehead atoms. The number of alkyl halides is 1. The minimum Gasteiger partial charge on any atom is -0.283 e. The lowest BCUT2D eigenvalue weighted by Gasteiger charge is -2.06. The molecule has 1 aromatic carbocycles. The van der Waals surface area contributed by atoms with Gasteiger partial charge in [0.05, 0.1) is 4.90 Å². The molecule has 6 nitrogen and oxygen atoms in total. The number of nitrogens with one attached hydrogen (secondary N) is 2. The van der Waals surface area contributed by atoms with Crippen LogP contribution in [0.25, 0.3) is 0 Å². The maximum atomic E-state index is 11.4. The van der Waals surface area contributed by atoms with E-state index in [0.29, 0.717) is 5.69 Å². The Labute approximate surface area is 109 Å². The monoisotopic (exact) mass is 342 g/mol. The number of hydrogen-bond acceptors (Lipinski definition) is 4. The van der Waals surface area contributed by atoms with Gasteiger partial charge in [0.25, 0.3) is 0 Å². The first-order chi connectivity index (χ1) is 7.80. The number of sulfonamides is 2. The molecule has 0 aliphatic heterocycles. The minimum absolute atomic E-state index is 0.0711. The van der Waals surface area contributed by atoms with Gasteiger partial charge in [-0.15, -0.1) is 0 Å². The van der Waals surface area contributed by atoms with Gasteiger partial charge in [-0.05, 0) is 31.3 Å². The Bertz CT molecular complexity index is 580. The molecule has 0 spiro atoms. The Balaban J connectivity index is 2.98. The molecule has 17 heavy (non-hydrogen) atoms. The van der Waals surface area contributed by atoms with Crippen molar-refractivity contribution in [3.63, 3.8) is 0 Å². The van der Waals surface area contributed by atoms with Gasteiger partial charge in [-0.25, -0.2) is 21.6 Å². The second kappa shape index (κ2) is 5.34. The number of anilines is 1. The third kappa shape index (κ3) is 3.95. The van der Waals surface area contributed by atoms with Gasteiger partial charge in [0, 0.05) is 5.69 Å². The molecule has 9 heteroatoms. The molecule has 0 aromatic heterocycles. The molecular formula is C8H11BrN2O4S2. The second-order valence-corrected chi connectivity index (χ2v) is 7.97. The highest BCUT2D eigenvalue weighted by molar-refractivity contribution is 9.10. The summed E-state index contributed by atoms with van der Waals surface area (Å²) in [6.07, 6.45) is 0. The van der Waals surface area contributed by atoms with Crippen LogP contribution in [0.2, 0.25) is 0 Å². The fourth-order valence-electron chi connectivity index (χ4n) is 1.03. The fraction of sp³-hybridized carbons (Fsp3) is 0.250. The molecule has 0 fully saturated rings. The molecule has 0 unspecified atom stereocenters. The van der Waals surface area contributed by atoms with E-state index in [4.69, 9.17) is 0 Å². The smallest absolute Gasteiger partial charge is 0.242 e. The largest absolute Gasteiger partial charge is 0.283 e. The van der Waals surface area contributed by atoms with Crippen molar-refractivity contribution >= 4 is 41.7 Å². The number of benzene rings is 1. The molecule has 1 rings (SSSR count). The third-order valence-electron chi connectivity index (χ3n) is 1.85. The van der Waals surface area contributed by atoms with Crippen LogP contribution in [0.3, 0.4) is 0 Å². The first-order valence-corrected chi connectivity index (χ1v) is 8.66. The predicted octanol–water partition coefficient (Wildman–Crippen LogP) is 0.689. The normalized spacial score (nSPS) is 12.4. The van der Waals surface area contributed by atoms with E-state index in [1.54, 1.807) is 0 Å². The molecule has 2 N–H and O–H groups in total. The highest BCUT2D eigenvalue weighted by Crippen LogP contribution is 2.15. The zero-order valence-corrected chi connectivity index (χ0v) is 12.1. The average molecular weight is 343 g/mol. The zero-order chi connectivity index (χ0) is 13.1. The summed E-state index contributed by atoms with van der Waals surface area (Å²) in [6, 6.07) is 5.39. The molecule has 1 aromatic rings. The van der Waals surface area contributed by atoms with E-state index in [9.17, 15) is 16.8 Å². The van der Waals surface area contributed by atoms with Crippen molar-refractivity contribution in [2.24, 2.45) is 0 Å². The van der Waals surface area contributed by atoms with Gasteiger partial charge in [0.1, 0.15) is 4.66 Å². The molecule has 0 radical (unpaired) electrons. The SMILES string of the molecule is CNS(=O)(=O)c1ccc(NS(=O)(=O)CBr)cc1. The van der Waals surface area contributed by atoms with Gasteiger partial charge in [-0.2, -0.15) is 0 Å². The van der Waals surface area contributed by atoms with Gasteiger partial charge in [0.2, 0.25) is 20.0 Å². The molecule has 0 heterocycles. The van der Waals surface area contributed by atoms with Crippen LogP contribution in [0.15, 0.2) is 29.2 Å². The standard InChI is InChI=1S/C8H11BrN2O4S2/c1-10-17(14,15)8-4-2-7(3-5-8)11-16(12,13)6-9/h2-5,10-11H,6H2,1H3. The lowest BCUT2D eigenvalue weighted by molar-refractivity contribution is 0.588. The van der Waals surface area contributed by atoms with Crippen molar-refractivity contribution in [2.45, 2.75) is 4.90 Å². The summed E-state index contributed by atoms with van der Waals surface area (Å²) in [5.74, 6) is 0. The Hall–Kier alpha value is -0.640. The van der Waals surface area contributed by atoms with Crippen LogP contribution >= 0.6 is 15.9 Å². The van der Waals surface area contributed by atoms with Crippen LogP contribution < -0.4 is 9.44 Å². The summed E-state index contributed by atoms with van der Waals surface area (Å²) in [7, 11) is -5.62. The topological polar surface area (TPSA) is 92.3 Å². The first-order valence-electron chi connectivity index (χ1n) is 4.41. The zero-order valence-electron chi connectivity index (χ0n) is 8.84. The Morgan fingerprint density at radius 1 is 1.12 bits per heavy atom. The molecule has 0 amide bonds. The van der Waals surface area contributed by atoms with Crippen molar-refractivity contribution in [2.75, 3.05) is 16.4 Å². The highest BCUT2D eigenvalue weighted by Gasteiger charge is 2.12. The van der Waals surface area contributed by atoms with Gasteiger partial charge in [-0.1, -0.05) is 15.9 Å². The average Bonchev–Trinajstić information content (AvgIpc) is 2.29. The van der Waals surface area contributed by atoms with Crippen molar-refractivity contribution in [3.05, 3.63) is 24.3 Å². The van der Waals surface area contributed by atoms with Crippen LogP contribution in [0, 0.1) is 0 Å². The molecule has 0 saturated carbocycles. The predicted molar refractivity (Wildman–Crippen MR) is 69.0 cm³/mol. The fourth-order valence-corrected chi connectivity index (χ4v) is 2.65. The summed E-state index contributed by atoms with van der Waals surface area (Å²) in [5, 5.41) is 0. The summed E-state index contributed by atoms with van der Waals surface area (Å²) >= 11 is 2.83. The van der Waals surface area contributed by atoms with Crippen LogP contribution in [0.5, 0.6) is 0 Å². The van der Waals surface area contributed by atoms with E-state index in [1.165, 1.54) is 31.3 Å². The molecule has 0 atom stereocenters. The summed E-state index contributed by atoms with van der Waals surface area (Å²) in [4.78, 5) is 0.0711. The summed E-state index contributed by atoms with van der Waals surface area (Å²) < 4.78 is 49.4. The molecule has 0 aliphatic carbocycles. The minimum atomic E-state index is -3.50. The van der Waals surface area contributed by atoms with Crippen LogP contribution in [0.1, 0.15) is 0 Å². The van der Waals surface area contributed by atoms with Crippen molar-refractivity contribution < 1.29 is 16.8 Å². The van der Waals surface area contributed by atoms with Crippen molar-refractivity contribution in [1.82, 2.24) is 4.72 Å². The summed E-state index contributed by atoms with van der Waals surface area (Å²) in [6.45, 7) is 0. The first kappa shape index (κ1) is 14.4. The number of hydrogen-bond donors (Lipinski definition) is 2.